The summed E-state index contributed by atoms with van der Waals surface area (Å²) in [6.45, 7) is 2.02. The summed E-state index contributed by atoms with van der Waals surface area (Å²) < 4.78 is 10.2. The number of rotatable bonds is 5. The zero-order valence-corrected chi connectivity index (χ0v) is 16.1. The average molecular weight is 392 g/mol. The molecular weight excluding hydrogens is 372 g/mol. The molecule has 3 aromatic rings. The van der Waals surface area contributed by atoms with Gasteiger partial charge in [0.25, 0.3) is 0 Å². The summed E-state index contributed by atoms with van der Waals surface area (Å²) in [7, 11) is 1.59. The smallest absolute Gasteiger partial charge is 0.229 e. The van der Waals surface area contributed by atoms with Crippen LogP contribution in [0.1, 0.15) is 12.3 Å². The Hall–Kier alpha value is -3.68. The van der Waals surface area contributed by atoms with E-state index in [0.29, 0.717) is 35.3 Å². The number of hydrogen-bond acceptors (Lipinski definition) is 6. The maximum atomic E-state index is 12.9. The molecule has 4 rings (SSSR count). The first kappa shape index (κ1) is 18.7. The lowest BCUT2D eigenvalue weighted by Gasteiger charge is -2.17. The van der Waals surface area contributed by atoms with Crippen molar-refractivity contribution in [3.63, 3.8) is 0 Å². The zero-order chi connectivity index (χ0) is 20.4. The SMILES string of the molecule is COc1ccc(N2CC(C(=O)Nc3ccccc3-c3noc(C)n3)CC2=O)cc1. The number of hydrogen-bond donors (Lipinski definition) is 1. The van der Waals surface area contributed by atoms with E-state index in [2.05, 4.69) is 15.5 Å². The minimum Gasteiger partial charge on any atom is -0.497 e. The highest BCUT2D eigenvalue weighted by Crippen LogP contribution is 2.29. The number of ether oxygens (including phenoxy) is 1. The molecule has 0 radical (unpaired) electrons. The van der Waals surface area contributed by atoms with Gasteiger partial charge in [-0.1, -0.05) is 17.3 Å². The maximum Gasteiger partial charge on any atom is 0.229 e. The molecule has 0 saturated carbocycles. The third-order valence-electron chi connectivity index (χ3n) is 4.83. The molecule has 2 aromatic carbocycles. The van der Waals surface area contributed by atoms with Crippen LogP contribution in [0.4, 0.5) is 11.4 Å². The van der Waals surface area contributed by atoms with Gasteiger partial charge in [0.05, 0.1) is 18.7 Å². The summed E-state index contributed by atoms with van der Waals surface area (Å²) in [4.78, 5) is 31.2. The van der Waals surface area contributed by atoms with Gasteiger partial charge in [0.2, 0.25) is 23.5 Å². The van der Waals surface area contributed by atoms with Crippen LogP contribution in [-0.4, -0.2) is 35.6 Å². The monoisotopic (exact) mass is 392 g/mol. The van der Waals surface area contributed by atoms with Gasteiger partial charge in [-0.25, -0.2) is 0 Å². The van der Waals surface area contributed by atoms with E-state index in [1.807, 2.05) is 30.3 Å². The van der Waals surface area contributed by atoms with E-state index in [1.165, 1.54) is 0 Å². The Balaban J connectivity index is 1.49. The Labute approximate surface area is 167 Å². The number of methoxy groups -OCH3 is 1. The minimum atomic E-state index is -0.454. The molecule has 148 valence electrons. The molecule has 1 saturated heterocycles. The van der Waals surface area contributed by atoms with Crippen LogP contribution in [0.5, 0.6) is 5.75 Å². The Bertz CT molecular complexity index is 1040. The normalized spacial score (nSPS) is 16.1. The van der Waals surface area contributed by atoms with Gasteiger partial charge >= 0.3 is 0 Å². The summed E-state index contributed by atoms with van der Waals surface area (Å²) in [6, 6.07) is 14.4. The van der Waals surface area contributed by atoms with E-state index in [0.717, 1.165) is 5.69 Å². The number of para-hydroxylation sites is 1. The lowest BCUT2D eigenvalue weighted by molar-refractivity contribution is -0.122. The van der Waals surface area contributed by atoms with Gasteiger partial charge < -0.3 is 19.5 Å². The summed E-state index contributed by atoms with van der Waals surface area (Å²) in [5, 5.41) is 6.83. The van der Waals surface area contributed by atoms with Crippen LogP contribution in [0.25, 0.3) is 11.4 Å². The number of anilines is 2. The summed E-state index contributed by atoms with van der Waals surface area (Å²) >= 11 is 0. The number of carbonyl (C=O) groups excluding carboxylic acids is 2. The largest absolute Gasteiger partial charge is 0.497 e. The molecule has 1 atom stereocenters. The lowest BCUT2D eigenvalue weighted by Crippen LogP contribution is -2.28. The van der Waals surface area contributed by atoms with Gasteiger partial charge in [0.1, 0.15) is 5.75 Å². The second-order valence-corrected chi connectivity index (χ2v) is 6.78. The number of benzene rings is 2. The van der Waals surface area contributed by atoms with Crippen molar-refractivity contribution in [2.75, 3.05) is 23.9 Å². The standard InChI is InChI=1S/C21H20N4O4/c1-13-22-20(24-29-13)17-5-3-4-6-18(17)23-21(27)14-11-19(26)25(12-14)15-7-9-16(28-2)10-8-15/h3-10,14H,11-12H2,1-2H3,(H,23,27). The fraction of sp³-hybridized carbons (Fsp3) is 0.238. The Morgan fingerprint density at radius 3 is 2.66 bits per heavy atom. The fourth-order valence-electron chi connectivity index (χ4n) is 3.33. The Morgan fingerprint density at radius 2 is 1.97 bits per heavy atom. The molecular formula is C21H20N4O4. The molecule has 1 unspecified atom stereocenters. The molecule has 1 aliphatic rings. The molecule has 1 fully saturated rings. The van der Waals surface area contributed by atoms with E-state index in [1.54, 1.807) is 37.1 Å². The molecule has 0 aliphatic carbocycles. The highest BCUT2D eigenvalue weighted by atomic mass is 16.5. The number of aromatic nitrogens is 2. The van der Waals surface area contributed by atoms with E-state index in [-0.39, 0.29) is 18.2 Å². The van der Waals surface area contributed by atoms with Crippen molar-refractivity contribution in [2.24, 2.45) is 5.92 Å². The van der Waals surface area contributed by atoms with Gasteiger partial charge in [-0.3, -0.25) is 9.59 Å². The van der Waals surface area contributed by atoms with Crippen molar-refractivity contribution in [3.05, 3.63) is 54.4 Å². The summed E-state index contributed by atoms with van der Waals surface area (Å²) in [5.74, 6) is 0.797. The van der Waals surface area contributed by atoms with Crippen molar-refractivity contribution in [1.82, 2.24) is 10.1 Å². The second kappa shape index (κ2) is 7.75. The van der Waals surface area contributed by atoms with Crippen molar-refractivity contribution < 1.29 is 18.8 Å². The van der Waals surface area contributed by atoms with Crippen molar-refractivity contribution in [2.45, 2.75) is 13.3 Å². The first-order chi connectivity index (χ1) is 14.0. The molecule has 1 aromatic heterocycles. The van der Waals surface area contributed by atoms with Crippen LogP contribution in [0.15, 0.2) is 53.1 Å². The van der Waals surface area contributed by atoms with E-state index < -0.39 is 5.92 Å². The molecule has 0 spiro atoms. The molecule has 2 amide bonds. The third-order valence-corrected chi connectivity index (χ3v) is 4.83. The highest BCUT2D eigenvalue weighted by Gasteiger charge is 2.35. The molecule has 1 aliphatic heterocycles. The number of nitrogens with zero attached hydrogens (tertiary/aromatic N) is 3. The number of carbonyl (C=O) groups is 2. The topological polar surface area (TPSA) is 97.6 Å². The molecule has 8 heteroatoms. The lowest BCUT2D eigenvalue weighted by atomic mass is 10.1. The van der Waals surface area contributed by atoms with Crippen molar-refractivity contribution in [1.29, 1.82) is 0 Å². The number of amides is 2. The van der Waals surface area contributed by atoms with Gasteiger partial charge in [0.15, 0.2) is 0 Å². The van der Waals surface area contributed by atoms with Crippen molar-refractivity contribution in [3.8, 4) is 17.1 Å². The van der Waals surface area contributed by atoms with Gasteiger partial charge in [0, 0.05) is 31.1 Å². The van der Waals surface area contributed by atoms with Crippen LogP contribution in [0.3, 0.4) is 0 Å². The van der Waals surface area contributed by atoms with Crippen molar-refractivity contribution >= 4 is 23.2 Å². The average Bonchev–Trinajstić information content (AvgIpc) is 3.34. The second-order valence-electron chi connectivity index (χ2n) is 6.78. The zero-order valence-electron chi connectivity index (χ0n) is 16.1. The molecule has 2 heterocycles. The van der Waals surface area contributed by atoms with Gasteiger partial charge in [-0.15, -0.1) is 0 Å². The van der Waals surface area contributed by atoms with E-state index in [9.17, 15) is 9.59 Å². The van der Waals surface area contributed by atoms with Crippen LogP contribution >= 0.6 is 0 Å². The fourth-order valence-corrected chi connectivity index (χ4v) is 3.33. The molecule has 8 nitrogen and oxygen atoms in total. The Morgan fingerprint density at radius 1 is 1.21 bits per heavy atom. The Kier molecular flexibility index (Phi) is 4.99. The molecule has 29 heavy (non-hydrogen) atoms. The van der Waals surface area contributed by atoms with Gasteiger partial charge in [-0.2, -0.15) is 4.98 Å². The maximum absolute atomic E-state index is 12.9. The summed E-state index contributed by atoms with van der Waals surface area (Å²) in [5.41, 5.74) is 1.98. The van der Waals surface area contributed by atoms with Gasteiger partial charge in [-0.05, 0) is 36.4 Å². The predicted octanol–water partition coefficient (Wildman–Crippen LogP) is 3.05. The number of aryl methyl sites for hydroxylation is 1. The van der Waals surface area contributed by atoms with Crippen LogP contribution in [0, 0.1) is 12.8 Å². The van der Waals surface area contributed by atoms with E-state index >= 15 is 0 Å². The minimum absolute atomic E-state index is 0.0857. The van der Waals surface area contributed by atoms with E-state index in [4.69, 9.17) is 9.26 Å². The van der Waals surface area contributed by atoms with Crippen LogP contribution in [-0.2, 0) is 9.59 Å². The number of nitrogens with one attached hydrogen (secondary N) is 1. The quantitative estimate of drug-likeness (QED) is 0.717. The van der Waals surface area contributed by atoms with Crippen LogP contribution in [0.2, 0.25) is 0 Å². The third kappa shape index (κ3) is 3.82. The highest BCUT2D eigenvalue weighted by molar-refractivity contribution is 6.04. The van der Waals surface area contributed by atoms with Crippen LogP contribution < -0.4 is 15.0 Å². The summed E-state index contributed by atoms with van der Waals surface area (Å²) in [6.07, 6.45) is 0.154. The first-order valence-electron chi connectivity index (χ1n) is 9.20. The molecule has 1 N–H and O–H groups in total. The molecule has 0 bridgehead atoms. The predicted molar refractivity (Wildman–Crippen MR) is 107 cm³/mol. The first-order valence-corrected chi connectivity index (χ1v) is 9.20.